The maximum absolute atomic E-state index is 12.1. The second-order valence-corrected chi connectivity index (χ2v) is 14.4. The van der Waals surface area contributed by atoms with Crippen molar-refractivity contribution in [3.63, 3.8) is 0 Å². The van der Waals surface area contributed by atoms with Crippen LogP contribution in [0.4, 0.5) is 0 Å². The van der Waals surface area contributed by atoms with Gasteiger partial charge in [-0.15, -0.1) is 0 Å². The van der Waals surface area contributed by atoms with Crippen molar-refractivity contribution in [3.05, 3.63) is 0 Å². The third kappa shape index (κ3) is 30.7. The van der Waals surface area contributed by atoms with Gasteiger partial charge in [0, 0.05) is 12.8 Å². The smallest absolute Gasteiger partial charge is 0.305 e. The highest BCUT2D eigenvalue weighted by Crippen LogP contribution is 2.13. The zero-order valence-electron chi connectivity index (χ0n) is 30.0. The molecule has 0 aliphatic heterocycles. The first-order chi connectivity index (χ1) is 20.6. The molecule has 0 N–H and O–H groups in total. The Morgan fingerprint density at radius 3 is 1.00 bits per heavy atom. The second-order valence-electron chi connectivity index (χ2n) is 14.4. The van der Waals surface area contributed by atoms with Crippen molar-refractivity contribution in [1.82, 2.24) is 0 Å². The van der Waals surface area contributed by atoms with Crippen molar-refractivity contribution in [3.8, 4) is 0 Å². The van der Waals surface area contributed by atoms with Gasteiger partial charge in [-0.3, -0.25) is 9.59 Å². The molecule has 0 radical (unpaired) electrons. The number of hydrogen-bond donors (Lipinski definition) is 0. The topological polar surface area (TPSA) is 52.6 Å². The molecule has 43 heavy (non-hydrogen) atoms. The van der Waals surface area contributed by atoms with Crippen LogP contribution in [0.2, 0.25) is 0 Å². The van der Waals surface area contributed by atoms with Gasteiger partial charge in [0.25, 0.3) is 0 Å². The fourth-order valence-electron chi connectivity index (χ4n) is 5.60. The predicted molar refractivity (Wildman–Crippen MR) is 183 cm³/mol. The van der Waals surface area contributed by atoms with Crippen molar-refractivity contribution in [2.24, 2.45) is 0 Å². The highest BCUT2D eigenvalue weighted by atomic mass is 16.5. The fourth-order valence-corrected chi connectivity index (χ4v) is 5.60. The molecule has 6 heteroatoms. The predicted octanol–water partition coefficient (Wildman–Crippen LogP) is 9.24. The van der Waals surface area contributed by atoms with Crippen LogP contribution in [0.15, 0.2) is 0 Å². The van der Waals surface area contributed by atoms with Crippen LogP contribution in [0.3, 0.4) is 0 Å². The van der Waals surface area contributed by atoms with Gasteiger partial charge in [-0.05, 0) is 38.5 Å². The average molecular weight is 613 g/mol. The summed E-state index contributed by atoms with van der Waals surface area (Å²) in [4.78, 5) is 24.3. The van der Waals surface area contributed by atoms with E-state index in [1.165, 1.54) is 103 Å². The van der Waals surface area contributed by atoms with Gasteiger partial charge < -0.3 is 18.4 Å². The molecule has 0 aromatic rings. The normalized spacial score (nSPS) is 12.0. The van der Waals surface area contributed by atoms with Gasteiger partial charge in [0.05, 0.1) is 41.3 Å². The summed E-state index contributed by atoms with van der Waals surface area (Å²) < 4.78 is 12.9. The molecule has 0 aromatic carbocycles. The maximum Gasteiger partial charge on any atom is 0.305 e. The van der Waals surface area contributed by atoms with E-state index >= 15 is 0 Å². The molecule has 0 saturated heterocycles. The van der Waals surface area contributed by atoms with Crippen LogP contribution in [0.1, 0.15) is 162 Å². The number of likely N-dealkylation sites (N-methyl/N-ethyl adjacent to an activating group) is 2. The molecule has 0 aliphatic carbocycles. The minimum atomic E-state index is -0.0700. The quantitative estimate of drug-likeness (QED) is 0.0432. The van der Waals surface area contributed by atoms with Gasteiger partial charge >= 0.3 is 11.9 Å². The highest BCUT2D eigenvalue weighted by Gasteiger charge is 2.16. The Balaban J connectivity index is 3.62. The molecule has 0 spiro atoms. The van der Waals surface area contributed by atoms with E-state index in [-0.39, 0.29) is 11.9 Å². The van der Waals surface area contributed by atoms with Crippen molar-refractivity contribution in [1.29, 1.82) is 0 Å². The van der Waals surface area contributed by atoms with Gasteiger partial charge in [-0.1, -0.05) is 110 Å². The number of quaternary nitrogens is 2. The molecular weight excluding hydrogens is 536 g/mol. The van der Waals surface area contributed by atoms with E-state index in [4.69, 9.17) is 9.47 Å². The zero-order chi connectivity index (χ0) is 32.1. The van der Waals surface area contributed by atoms with Crippen LogP contribution in [0.5, 0.6) is 0 Å². The number of ether oxygens (including phenoxy) is 2. The molecule has 0 atom stereocenters. The Kier molecular flexibility index (Phi) is 27.6. The van der Waals surface area contributed by atoms with E-state index in [1.54, 1.807) is 0 Å². The number of unbranched alkanes of at least 4 members (excludes halogenated alkanes) is 18. The summed E-state index contributed by atoms with van der Waals surface area (Å²) in [6, 6.07) is 0. The van der Waals surface area contributed by atoms with Gasteiger partial charge in [-0.25, -0.2) is 0 Å². The van der Waals surface area contributed by atoms with E-state index in [0.29, 0.717) is 26.1 Å². The number of esters is 2. The van der Waals surface area contributed by atoms with Crippen molar-refractivity contribution in [2.75, 3.05) is 67.6 Å². The lowest BCUT2D eigenvalue weighted by Gasteiger charge is -2.29. The summed E-state index contributed by atoms with van der Waals surface area (Å²) in [5.74, 6) is -0.140. The second kappa shape index (κ2) is 28.3. The lowest BCUT2D eigenvalue weighted by atomic mass is 10.1. The average Bonchev–Trinajstić information content (AvgIpc) is 2.95. The molecule has 6 nitrogen and oxygen atoms in total. The van der Waals surface area contributed by atoms with E-state index in [2.05, 4.69) is 42.0 Å². The summed E-state index contributed by atoms with van der Waals surface area (Å²) in [5, 5.41) is 0. The van der Waals surface area contributed by atoms with Crippen LogP contribution in [-0.2, 0) is 19.1 Å². The first-order valence-corrected chi connectivity index (χ1v) is 18.6. The lowest BCUT2D eigenvalue weighted by Crippen LogP contribution is -2.43. The summed E-state index contributed by atoms with van der Waals surface area (Å²) in [7, 11) is 8.96. The van der Waals surface area contributed by atoms with Gasteiger partial charge in [0.1, 0.15) is 26.3 Å². The molecule has 0 saturated carbocycles. The molecule has 0 amide bonds. The van der Waals surface area contributed by atoms with Gasteiger partial charge in [0.15, 0.2) is 0 Å². The summed E-state index contributed by atoms with van der Waals surface area (Å²) >= 11 is 0. The Morgan fingerprint density at radius 1 is 0.395 bits per heavy atom. The Labute approximate surface area is 268 Å². The monoisotopic (exact) mass is 613 g/mol. The standard InChI is InChI=1S/C37H76N2O4/c1-7-9-11-13-15-17-22-26-30-38(3,4)32-34-42-36(40)28-24-20-19-21-25-29-37(41)43-35-33-39(5,6)31-27-23-18-16-14-12-10-8-2/h7-35H2,1-6H3/q+2. The lowest BCUT2D eigenvalue weighted by molar-refractivity contribution is -0.890. The first kappa shape index (κ1) is 41.9. The number of carbonyl (C=O) groups is 2. The van der Waals surface area contributed by atoms with E-state index in [1.807, 2.05) is 0 Å². The van der Waals surface area contributed by atoms with Crippen molar-refractivity contribution >= 4 is 11.9 Å². The van der Waals surface area contributed by atoms with E-state index < -0.39 is 0 Å². The molecular formula is C37H76N2O4+2. The number of nitrogens with zero attached hydrogens (tertiary/aromatic N) is 2. The molecule has 256 valence electrons. The summed E-state index contributed by atoms with van der Waals surface area (Å²) in [6.45, 7) is 9.62. The van der Waals surface area contributed by atoms with Crippen LogP contribution in [-0.4, -0.2) is 88.5 Å². The van der Waals surface area contributed by atoms with Gasteiger partial charge in [0.2, 0.25) is 0 Å². The first-order valence-electron chi connectivity index (χ1n) is 18.6. The SMILES string of the molecule is CCCCCCCCCC[N+](C)(C)CCOC(=O)CCCCCCCC(=O)OCC[N+](C)(C)CCCCCCCCCC. The minimum absolute atomic E-state index is 0.0700. The molecule has 0 aromatic heterocycles. The number of rotatable bonds is 32. The van der Waals surface area contributed by atoms with E-state index in [9.17, 15) is 9.59 Å². The highest BCUT2D eigenvalue weighted by molar-refractivity contribution is 5.69. The van der Waals surface area contributed by atoms with Gasteiger partial charge in [-0.2, -0.15) is 0 Å². The molecule has 0 aliphatic rings. The maximum atomic E-state index is 12.1. The summed E-state index contributed by atoms with van der Waals surface area (Å²) in [6.07, 6.45) is 27.3. The zero-order valence-corrected chi connectivity index (χ0v) is 30.0. The van der Waals surface area contributed by atoms with Crippen LogP contribution >= 0.6 is 0 Å². The van der Waals surface area contributed by atoms with Crippen LogP contribution < -0.4 is 0 Å². The Morgan fingerprint density at radius 2 is 0.674 bits per heavy atom. The Bertz CT molecular complexity index is 597. The van der Waals surface area contributed by atoms with Crippen molar-refractivity contribution < 1.29 is 28.0 Å². The molecule has 0 heterocycles. The van der Waals surface area contributed by atoms with Crippen LogP contribution in [0.25, 0.3) is 0 Å². The minimum Gasteiger partial charge on any atom is -0.460 e. The molecule has 0 bridgehead atoms. The molecule has 0 rings (SSSR count). The summed E-state index contributed by atoms with van der Waals surface area (Å²) in [5.41, 5.74) is 0. The molecule has 0 unspecified atom stereocenters. The fraction of sp³-hybridized carbons (Fsp3) is 0.946. The largest absolute Gasteiger partial charge is 0.460 e. The third-order valence-corrected chi connectivity index (χ3v) is 8.92. The van der Waals surface area contributed by atoms with E-state index in [0.717, 1.165) is 67.2 Å². The Hall–Kier alpha value is -1.14. The van der Waals surface area contributed by atoms with Crippen molar-refractivity contribution in [2.45, 2.75) is 162 Å². The molecule has 0 fully saturated rings. The number of hydrogen-bond acceptors (Lipinski definition) is 4. The third-order valence-electron chi connectivity index (χ3n) is 8.92. The number of carbonyl (C=O) groups excluding carboxylic acids is 2. The van der Waals surface area contributed by atoms with Crippen LogP contribution in [0, 0.1) is 0 Å².